The molecule has 0 aromatic heterocycles. The molecule has 0 saturated heterocycles. The van der Waals surface area contributed by atoms with E-state index in [0.717, 1.165) is 0 Å². The Balaban J connectivity index is 2.66. The van der Waals surface area contributed by atoms with Gasteiger partial charge >= 0.3 is 0 Å². The molecular weight excluding hydrogens is 246 g/mol. The summed E-state index contributed by atoms with van der Waals surface area (Å²) in [6.45, 7) is 0.0763. The number of hydrogen-bond donors (Lipinski definition) is 1. The molecule has 0 saturated carbocycles. The minimum Gasteiger partial charge on any atom is -0.488 e. The van der Waals surface area contributed by atoms with Gasteiger partial charge in [0.2, 0.25) is 0 Å². The molecule has 0 aliphatic heterocycles. The minimum atomic E-state index is -0.719. The second-order valence-electron chi connectivity index (χ2n) is 2.67. The number of aliphatic hydroxyl groups is 1. The van der Waals surface area contributed by atoms with E-state index in [0.29, 0.717) is 15.8 Å². The van der Waals surface area contributed by atoms with Crippen LogP contribution in [0.1, 0.15) is 0 Å². The molecule has 0 aliphatic carbocycles. The SMILES string of the molecule is O[C@H](CCl)COc1c(Cl)cccc1Cl. The van der Waals surface area contributed by atoms with Crippen molar-refractivity contribution in [1.29, 1.82) is 0 Å². The highest BCUT2D eigenvalue weighted by molar-refractivity contribution is 6.37. The zero-order chi connectivity index (χ0) is 10.6. The summed E-state index contributed by atoms with van der Waals surface area (Å²) in [5.41, 5.74) is 0. The van der Waals surface area contributed by atoms with E-state index in [4.69, 9.17) is 44.6 Å². The first-order valence-electron chi connectivity index (χ1n) is 3.96. The normalized spacial score (nSPS) is 12.6. The van der Waals surface area contributed by atoms with Crippen molar-refractivity contribution in [3.05, 3.63) is 28.2 Å². The first-order valence-corrected chi connectivity index (χ1v) is 5.25. The molecule has 5 heteroatoms. The van der Waals surface area contributed by atoms with Gasteiger partial charge in [-0.15, -0.1) is 11.6 Å². The van der Waals surface area contributed by atoms with E-state index < -0.39 is 6.10 Å². The predicted octanol–water partition coefficient (Wildman–Crippen LogP) is 2.97. The van der Waals surface area contributed by atoms with E-state index in [2.05, 4.69) is 0 Å². The lowest BCUT2D eigenvalue weighted by atomic mass is 10.3. The third kappa shape index (κ3) is 3.21. The molecule has 0 amide bonds. The number of halogens is 3. The maximum atomic E-state index is 9.16. The molecule has 1 rings (SSSR count). The Kier molecular flexibility index (Phi) is 4.82. The van der Waals surface area contributed by atoms with Gasteiger partial charge in [-0.3, -0.25) is 0 Å². The maximum absolute atomic E-state index is 9.16. The standard InChI is InChI=1S/C9H9Cl3O2/c10-4-6(13)5-14-9-7(11)2-1-3-8(9)12/h1-3,6,13H,4-5H2/t6-/m1/s1. The third-order valence-electron chi connectivity index (χ3n) is 1.52. The van der Waals surface area contributed by atoms with Gasteiger partial charge in [0.15, 0.2) is 5.75 Å². The van der Waals surface area contributed by atoms with Crippen LogP contribution in [0.3, 0.4) is 0 Å². The molecule has 1 atom stereocenters. The molecule has 1 N–H and O–H groups in total. The number of para-hydroxylation sites is 1. The molecule has 0 spiro atoms. The monoisotopic (exact) mass is 254 g/mol. The smallest absolute Gasteiger partial charge is 0.156 e. The molecule has 0 heterocycles. The summed E-state index contributed by atoms with van der Waals surface area (Å²) in [6.07, 6.45) is -0.719. The van der Waals surface area contributed by atoms with Crippen molar-refractivity contribution < 1.29 is 9.84 Å². The van der Waals surface area contributed by atoms with Gasteiger partial charge in [-0.2, -0.15) is 0 Å². The highest BCUT2D eigenvalue weighted by Gasteiger charge is 2.09. The van der Waals surface area contributed by atoms with Crippen LogP contribution in [0.25, 0.3) is 0 Å². The summed E-state index contributed by atoms with van der Waals surface area (Å²) < 4.78 is 5.22. The van der Waals surface area contributed by atoms with Crippen LogP contribution >= 0.6 is 34.8 Å². The molecule has 14 heavy (non-hydrogen) atoms. The van der Waals surface area contributed by atoms with E-state index >= 15 is 0 Å². The molecule has 1 aromatic rings. The van der Waals surface area contributed by atoms with E-state index in [-0.39, 0.29) is 12.5 Å². The fourth-order valence-corrected chi connectivity index (χ4v) is 1.44. The van der Waals surface area contributed by atoms with Gasteiger partial charge in [0.25, 0.3) is 0 Å². The van der Waals surface area contributed by atoms with Gasteiger partial charge in [-0.25, -0.2) is 0 Å². The van der Waals surface area contributed by atoms with Crippen molar-refractivity contribution in [2.45, 2.75) is 6.10 Å². The van der Waals surface area contributed by atoms with Crippen molar-refractivity contribution in [3.8, 4) is 5.75 Å². The Morgan fingerprint density at radius 1 is 1.29 bits per heavy atom. The van der Waals surface area contributed by atoms with Crippen molar-refractivity contribution >= 4 is 34.8 Å². The van der Waals surface area contributed by atoms with E-state index in [1.54, 1.807) is 18.2 Å². The number of rotatable bonds is 4. The Morgan fingerprint density at radius 2 is 1.86 bits per heavy atom. The Hall–Kier alpha value is -0.150. The van der Waals surface area contributed by atoms with Gasteiger partial charge in [-0.1, -0.05) is 29.3 Å². The van der Waals surface area contributed by atoms with Gasteiger partial charge < -0.3 is 9.84 Å². The molecule has 78 valence electrons. The summed E-state index contributed by atoms with van der Waals surface area (Å²) in [6, 6.07) is 5.04. The quantitative estimate of drug-likeness (QED) is 0.838. The van der Waals surface area contributed by atoms with E-state index in [1.165, 1.54) is 0 Å². The minimum absolute atomic E-state index is 0.0763. The second-order valence-corrected chi connectivity index (χ2v) is 3.79. The predicted molar refractivity (Wildman–Crippen MR) is 58.7 cm³/mol. The summed E-state index contributed by atoms with van der Waals surface area (Å²) in [5.74, 6) is 0.488. The van der Waals surface area contributed by atoms with Crippen molar-refractivity contribution in [2.24, 2.45) is 0 Å². The van der Waals surface area contributed by atoms with Crippen molar-refractivity contribution in [3.63, 3.8) is 0 Å². The lowest BCUT2D eigenvalue weighted by Gasteiger charge is -2.11. The van der Waals surface area contributed by atoms with Crippen LogP contribution in [0.15, 0.2) is 18.2 Å². The molecule has 0 unspecified atom stereocenters. The lowest BCUT2D eigenvalue weighted by Crippen LogP contribution is -2.19. The van der Waals surface area contributed by atoms with Crippen LogP contribution in [0.2, 0.25) is 10.0 Å². The van der Waals surface area contributed by atoms with Gasteiger partial charge in [0.1, 0.15) is 12.7 Å². The first-order chi connectivity index (χ1) is 6.65. The van der Waals surface area contributed by atoms with Crippen LogP contribution in [-0.4, -0.2) is 23.7 Å². The van der Waals surface area contributed by atoms with Crippen LogP contribution in [0.4, 0.5) is 0 Å². The maximum Gasteiger partial charge on any atom is 0.156 e. The summed E-state index contributed by atoms with van der Waals surface area (Å²) in [5, 5.41) is 9.99. The van der Waals surface area contributed by atoms with Crippen LogP contribution in [-0.2, 0) is 0 Å². The Morgan fingerprint density at radius 3 is 2.36 bits per heavy atom. The second kappa shape index (κ2) is 5.66. The number of alkyl halides is 1. The average molecular weight is 256 g/mol. The van der Waals surface area contributed by atoms with Crippen molar-refractivity contribution in [2.75, 3.05) is 12.5 Å². The van der Waals surface area contributed by atoms with Gasteiger partial charge in [0.05, 0.1) is 15.9 Å². The molecule has 0 fully saturated rings. The molecule has 0 radical (unpaired) electrons. The highest BCUT2D eigenvalue weighted by atomic mass is 35.5. The number of ether oxygens (including phenoxy) is 1. The van der Waals surface area contributed by atoms with E-state index in [1.807, 2.05) is 0 Å². The molecule has 2 nitrogen and oxygen atoms in total. The average Bonchev–Trinajstić information content (AvgIpc) is 2.16. The Labute approximate surface area is 97.3 Å². The summed E-state index contributed by atoms with van der Waals surface area (Å²) >= 11 is 17.1. The Bertz CT molecular complexity index is 284. The lowest BCUT2D eigenvalue weighted by molar-refractivity contribution is 0.125. The van der Waals surface area contributed by atoms with E-state index in [9.17, 15) is 0 Å². The number of hydrogen-bond acceptors (Lipinski definition) is 2. The zero-order valence-electron chi connectivity index (χ0n) is 7.21. The van der Waals surface area contributed by atoms with Gasteiger partial charge in [0, 0.05) is 0 Å². The van der Waals surface area contributed by atoms with Crippen LogP contribution in [0, 0.1) is 0 Å². The zero-order valence-corrected chi connectivity index (χ0v) is 9.48. The topological polar surface area (TPSA) is 29.5 Å². The third-order valence-corrected chi connectivity index (χ3v) is 2.47. The van der Waals surface area contributed by atoms with Crippen molar-refractivity contribution in [1.82, 2.24) is 0 Å². The molecule has 0 bridgehead atoms. The fraction of sp³-hybridized carbons (Fsp3) is 0.333. The first kappa shape index (κ1) is 11.9. The van der Waals surface area contributed by atoms with Gasteiger partial charge in [-0.05, 0) is 12.1 Å². The van der Waals surface area contributed by atoms with Crippen LogP contribution in [0.5, 0.6) is 5.75 Å². The fourth-order valence-electron chi connectivity index (χ4n) is 0.844. The largest absolute Gasteiger partial charge is 0.488 e. The summed E-state index contributed by atoms with van der Waals surface area (Å²) in [4.78, 5) is 0. The number of benzene rings is 1. The summed E-state index contributed by atoms with van der Waals surface area (Å²) in [7, 11) is 0. The molecule has 0 aliphatic rings. The number of aliphatic hydroxyl groups excluding tert-OH is 1. The molecular formula is C9H9Cl3O2. The highest BCUT2D eigenvalue weighted by Crippen LogP contribution is 2.32. The van der Waals surface area contributed by atoms with Crippen LogP contribution < -0.4 is 4.74 Å². The molecule has 1 aromatic carbocycles.